The number of fused-ring (bicyclic) bond motifs is 1. The second-order valence-electron chi connectivity index (χ2n) is 7.20. The van der Waals surface area contributed by atoms with Gasteiger partial charge in [0.05, 0.1) is 12.2 Å². The number of nitrogens with zero attached hydrogens (tertiary/aromatic N) is 1. The molecule has 2 heterocycles. The van der Waals surface area contributed by atoms with Crippen LogP contribution in [0.3, 0.4) is 0 Å². The number of aliphatic hydroxyl groups is 2. The van der Waals surface area contributed by atoms with Crippen molar-refractivity contribution in [3.8, 4) is 0 Å². The number of rotatable bonds is 2. The van der Waals surface area contributed by atoms with E-state index in [1.165, 1.54) is 6.07 Å². The van der Waals surface area contributed by atoms with E-state index in [0.29, 0.717) is 6.42 Å². The summed E-state index contributed by atoms with van der Waals surface area (Å²) in [6.07, 6.45) is 1.49. The fraction of sp³-hybridized carbons (Fsp3) is 0.556. The van der Waals surface area contributed by atoms with E-state index in [1.54, 1.807) is 12.1 Å². The number of aliphatic hydroxyl groups excluding tert-OH is 2. The normalized spacial score (nSPS) is 27.5. The van der Waals surface area contributed by atoms with Crippen LogP contribution in [0, 0.1) is 18.2 Å². The van der Waals surface area contributed by atoms with Gasteiger partial charge in [-0.1, -0.05) is 0 Å². The van der Waals surface area contributed by atoms with Crippen LogP contribution in [-0.4, -0.2) is 45.4 Å². The van der Waals surface area contributed by atoms with Gasteiger partial charge >= 0.3 is 0 Å². The molecule has 0 amide bonds. The first-order valence-electron chi connectivity index (χ1n) is 8.35. The average molecular weight is 318 g/mol. The fourth-order valence-corrected chi connectivity index (χ4v) is 4.27. The van der Waals surface area contributed by atoms with Gasteiger partial charge in [-0.15, -0.1) is 0 Å². The number of hydrogen-bond donors (Lipinski definition) is 3. The third-order valence-electron chi connectivity index (χ3n) is 6.07. The van der Waals surface area contributed by atoms with Gasteiger partial charge < -0.3 is 15.2 Å². The number of halogens is 1. The number of hydrogen-bond acceptors (Lipinski definition) is 3. The van der Waals surface area contributed by atoms with Gasteiger partial charge in [0.2, 0.25) is 0 Å². The molecule has 2 fully saturated rings. The molecule has 1 aliphatic carbocycles. The minimum Gasteiger partial charge on any atom is -0.392 e. The number of H-pyrrole nitrogens is 1. The summed E-state index contributed by atoms with van der Waals surface area (Å²) in [6.45, 7) is 4.57. The summed E-state index contributed by atoms with van der Waals surface area (Å²) < 4.78 is 13.4. The molecule has 0 radical (unpaired) electrons. The monoisotopic (exact) mass is 318 g/mol. The van der Waals surface area contributed by atoms with E-state index in [0.717, 1.165) is 54.6 Å². The molecule has 1 spiro atoms. The van der Waals surface area contributed by atoms with Crippen LogP contribution >= 0.6 is 0 Å². The van der Waals surface area contributed by atoms with Gasteiger partial charge in [-0.05, 0) is 56.6 Å². The number of nitrogens with one attached hydrogen (secondary N) is 1. The third-order valence-corrected chi connectivity index (χ3v) is 6.07. The SMILES string of the molecule is Cc1c(CN2CCC3(CC2)[C@H](O)C[C@@H]3O)[nH]c2ccc(F)cc12. The molecule has 4 nitrogen and oxygen atoms in total. The Balaban J connectivity index is 1.48. The lowest BCUT2D eigenvalue weighted by Crippen LogP contribution is -2.61. The maximum Gasteiger partial charge on any atom is 0.123 e. The highest BCUT2D eigenvalue weighted by Gasteiger charge is 2.54. The lowest BCUT2D eigenvalue weighted by Gasteiger charge is -2.55. The van der Waals surface area contributed by atoms with E-state index in [1.807, 2.05) is 6.92 Å². The molecule has 23 heavy (non-hydrogen) atoms. The zero-order valence-electron chi connectivity index (χ0n) is 13.3. The lowest BCUT2D eigenvalue weighted by atomic mass is 9.58. The second kappa shape index (κ2) is 5.30. The highest BCUT2D eigenvalue weighted by Crippen LogP contribution is 2.49. The first-order valence-corrected chi connectivity index (χ1v) is 8.35. The zero-order chi connectivity index (χ0) is 16.2. The molecule has 1 aliphatic heterocycles. The molecule has 5 heteroatoms. The predicted molar refractivity (Wildman–Crippen MR) is 86.6 cm³/mol. The molecule has 3 N–H and O–H groups in total. The molecule has 1 aromatic carbocycles. The summed E-state index contributed by atoms with van der Waals surface area (Å²) in [7, 11) is 0. The summed E-state index contributed by atoms with van der Waals surface area (Å²) >= 11 is 0. The van der Waals surface area contributed by atoms with Crippen molar-refractivity contribution in [2.45, 2.75) is 44.9 Å². The van der Waals surface area contributed by atoms with Crippen molar-refractivity contribution in [2.75, 3.05) is 13.1 Å². The van der Waals surface area contributed by atoms with Crippen molar-refractivity contribution in [1.82, 2.24) is 9.88 Å². The highest BCUT2D eigenvalue weighted by atomic mass is 19.1. The van der Waals surface area contributed by atoms with Crippen molar-refractivity contribution in [1.29, 1.82) is 0 Å². The van der Waals surface area contributed by atoms with E-state index in [2.05, 4.69) is 9.88 Å². The quantitative estimate of drug-likeness (QED) is 0.796. The second-order valence-corrected chi connectivity index (χ2v) is 7.20. The minimum absolute atomic E-state index is 0.209. The fourth-order valence-electron chi connectivity index (χ4n) is 4.27. The van der Waals surface area contributed by atoms with Gasteiger partial charge in [0.25, 0.3) is 0 Å². The first kappa shape index (κ1) is 15.1. The van der Waals surface area contributed by atoms with Crippen LogP contribution in [-0.2, 0) is 6.54 Å². The molecule has 1 saturated carbocycles. The standard InChI is InChI=1S/C18H23FN2O2/c1-11-13-8-12(19)2-3-14(13)20-15(11)10-21-6-4-18(5-7-21)16(22)9-17(18)23/h2-3,8,16-17,20,22-23H,4-7,9-10H2,1H3/t16-,17+. The molecule has 2 atom stereocenters. The summed E-state index contributed by atoms with van der Waals surface area (Å²) in [5.74, 6) is -0.209. The zero-order valence-corrected chi connectivity index (χ0v) is 13.3. The van der Waals surface area contributed by atoms with Crippen LogP contribution in [0.15, 0.2) is 18.2 Å². The van der Waals surface area contributed by atoms with Crippen molar-refractivity contribution < 1.29 is 14.6 Å². The van der Waals surface area contributed by atoms with Crippen LogP contribution in [0.2, 0.25) is 0 Å². The summed E-state index contributed by atoms with van der Waals surface area (Å²) in [5, 5.41) is 21.0. The van der Waals surface area contributed by atoms with Crippen LogP contribution in [0.25, 0.3) is 10.9 Å². The largest absolute Gasteiger partial charge is 0.392 e. The molecule has 4 rings (SSSR count). The predicted octanol–water partition coefficient (Wildman–Crippen LogP) is 2.32. The molecule has 124 valence electrons. The maximum atomic E-state index is 13.4. The molecule has 0 bridgehead atoms. The Kier molecular flexibility index (Phi) is 3.48. The van der Waals surface area contributed by atoms with Crippen molar-refractivity contribution in [3.63, 3.8) is 0 Å². The third kappa shape index (κ3) is 2.30. The van der Waals surface area contributed by atoms with E-state index in [9.17, 15) is 14.6 Å². The van der Waals surface area contributed by atoms with Gasteiger partial charge in [-0.3, -0.25) is 4.90 Å². The number of aromatic amines is 1. The number of benzene rings is 1. The van der Waals surface area contributed by atoms with E-state index in [4.69, 9.17) is 0 Å². The summed E-state index contributed by atoms with van der Waals surface area (Å²) in [4.78, 5) is 5.74. The Morgan fingerprint density at radius 1 is 1.26 bits per heavy atom. The Morgan fingerprint density at radius 3 is 2.61 bits per heavy atom. The Bertz CT molecular complexity index is 724. The molecular formula is C18H23FN2O2. The maximum absolute atomic E-state index is 13.4. The Labute approximate surface area is 134 Å². The van der Waals surface area contributed by atoms with Crippen LogP contribution in [0.4, 0.5) is 4.39 Å². The topological polar surface area (TPSA) is 59.5 Å². The van der Waals surface area contributed by atoms with Gasteiger partial charge in [0, 0.05) is 35.0 Å². The number of aromatic nitrogens is 1. The van der Waals surface area contributed by atoms with Crippen LogP contribution < -0.4 is 0 Å². The number of likely N-dealkylation sites (tertiary alicyclic amines) is 1. The summed E-state index contributed by atoms with van der Waals surface area (Å²) in [5.41, 5.74) is 2.92. The van der Waals surface area contributed by atoms with Gasteiger partial charge in [0.1, 0.15) is 5.82 Å². The van der Waals surface area contributed by atoms with Gasteiger partial charge in [-0.25, -0.2) is 4.39 Å². The van der Waals surface area contributed by atoms with Crippen molar-refractivity contribution >= 4 is 10.9 Å². The van der Waals surface area contributed by atoms with Crippen LogP contribution in [0.5, 0.6) is 0 Å². The smallest absolute Gasteiger partial charge is 0.123 e. The van der Waals surface area contributed by atoms with E-state index >= 15 is 0 Å². The molecule has 0 unspecified atom stereocenters. The lowest BCUT2D eigenvalue weighted by molar-refractivity contribution is -0.190. The van der Waals surface area contributed by atoms with Gasteiger partial charge in [-0.2, -0.15) is 0 Å². The number of piperidine rings is 1. The highest BCUT2D eigenvalue weighted by molar-refractivity contribution is 5.84. The first-order chi connectivity index (χ1) is 11.0. The molecular weight excluding hydrogens is 295 g/mol. The summed E-state index contributed by atoms with van der Waals surface area (Å²) in [6, 6.07) is 4.84. The average Bonchev–Trinajstić information content (AvgIpc) is 2.84. The van der Waals surface area contributed by atoms with E-state index < -0.39 is 0 Å². The molecule has 1 saturated heterocycles. The Hall–Kier alpha value is -1.43. The Morgan fingerprint density at radius 2 is 1.96 bits per heavy atom. The molecule has 2 aliphatic rings. The number of aryl methyl sites for hydroxylation is 1. The molecule has 1 aromatic heterocycles. The van der Waals surface area contributed by atoms with Crippen molar-refractivity contribution in [2.24, 2.45) is 5.41 Å². The van der Waals surface area contributed by atoms with E-state index in [-0.39, 0.29) is 23.4 Å². The van der Waals surface area contributed by atoms with Crippen LogP contribution in [0.1, 0.15) is 30.5 Å². The van der Waals surface area contributed by atoms with Gasteiger partial charge in [0.15, 0.2) is 0 Å². The van der Waals surface area contributed by atoms with Crippen molar-refractivity contribution in [3.05, 3.63) is 35.3 Å². The minimum atomic E-state index is -0.350. The molecule has 2 aromatic rings.